The van der Waals surface area contributed by atoms with Crippen LogP contribution in [0.25, 0.3) is 11.6 Å². The number of allylic oxidation sites excluding steroid dienone is 1. The number of halogens is 1. The predicted molar refractivity (Wildman–Crippen MR) is 114 cm³/mol. The van der Waals surface area contributed by atoms with Crippen molar-refractivity contribution in [1.82, 2.24) is 10.8 Å². The minimum Gasteiger partial charge on any atom is -0.312 e. The summed E-state index contributed by atoms with van der Waals surface area (Å²) < 4.78 is 1.17. The second-order valence-electron chi connectivity index (χ2n) is 6.30. The van der Waals surface area contributed by atoms with Gasteiger partial charge in [-0.2, -0.15) is 0 Å². The zero-order chi connectivity index (χ0) is 19.6. The number of benzene rings is 2. The number of aryl methyl sites for hydroxylation is 1. The summed E-state index contributed by atoms with van der Waals surface area (Å²) in [5, 5.41) is 12.0. The standard InChI is InChI=1S/C22H25BrN2O2/c1-16-5-3-4-6-20(16)21(17(2)23)13-14-24-15-19-9-7-18(8-10-19)11-12-22(26)25-27/h3-12,24,27H,13-15H2,1-2H3,(H,25,26)/b12-11+,21-17+. The summed E-state index contributed by atoms with van der Waals surface area (Å²) in [7, 11) is 0. The number of carbonyl (C=O) groups is 1. The monoisotopic (exact) mass is 428 g/mol. The molecule has 0 fully saturated rings. The third-order valence-corrected chi connectivity index (χ3v) is 4.76. The topological polar surface area (TPSA) is 61.4 Å². The maximum atomic E-state index is 11.0. The molecule has 0 aliphatic carbocycles. The predicted octanol–water partition coefficient (Wildman–Crippen LogP) is 4.82. The number of hydroxylamine groups is 1. The zero-order valence-corrected chi connectivity index (χ0v) is 17.2. The van der Waals surface area contributed by atoms with Crippen molar-refractivity contribution in [3.05, 3.63) is 81.3 Å². The molecule has 0 bridgehead atoms. The molecule has 2 rings (SSSR count). The normalized spacial score (nSPS) is 12.1. The molecule has 3 N–H and O–H groups in total. The maximum absolute atomic E-state index is 11.0. The first kappa shape index (κ1) is 21.1. The van der Waals surface area contributed by atoms with Crippen LogP contribution in [0.4, 0.5) is 0 Å². The summed E-state index contributed by atoms with van der Waals surface area (Å²) in [6.45, 7) is 5.89. The van der Waals surface area contributed by atoms with E-state index in [1.54, 1.807) is 11.6 Å². The van der Waals surface area contributed by atoms with Gasteiger partial charge in [0.15, 0.2) is 0 Å². The van der Waals surface area contributed by atoms with Crippen LogP contribution in [-0.4, -0.2) is 17.7 Å². The molecule has 0 aromatic heterocycles. The number of hydrogen-bond acceptors (Lipinski definition) is 3. The van der Waals surface area contributed by atoms with E-state index in [1.165, 1.54) is 32.8 Å². The van der Waals surface area contributed by atoms with E-state index < -0.39 is 5.91 Å². The van der Waals surface area contributed by atoms with Crippen molar-refractivity contribution in [2.75, 3.05) is 6.54 Å². The fraction of sp³-hybridized carbons (Fsp3) is 0.227. The van der Waals surface area contributed by atoms with Crippen molar-refractivity contribution >= 4 is 33.5 Å². The van der Waals surface area contributed by atoms with Gasteiger partial charge in [0, 0.05) is 12.6 Å². The van der Waals surface area contributed by atoms with Gasteiger partial charge < -0.3 is 5.32 Å². The summed E-state index contributed by atoms with van der Waals surface area (Å²) in [4.78, 5) is 11.0. The summed E-state index contributed by atoms with van der Waals surface area (Å²) in [5.41, 5.74) is 7.54. The lowest BCUT2D eigenvalue weighted by Gasteiger charge is -2.13. The average molecular weight is 429 g/mol. The highest BCUT2D eigenvalue weighted by Crippen LogP contribution is 2.27. The molecule has 2 aromatic carbocycles. The van der Waals surface area contributed by atoms with Gasteiger partial charge in [-0.25, -0.2) is 5.48 Å². The highest BCUT2D eigenvalue weighted by atomic mass is 79.9. The number of carbonyl (C=O) groups excluding carboxylic acids is 1. The largest absolute Gasteiger partial charge is 0.312 e. The highest BCUT2D eigenvalue weighted by Gasteiger charge is 2.07. The molecule has 0 aliphatic heterocycles. The fourth-order valence-corrected chi connectivity index (χ4v) is 3.22. The number of amides is 1. The number of rotatable bonds is 8. The third kappa shape index (κ3) is 6.79. The van der Waals surface area contributed by atoms with E-state index >= 15 is 0 Å². The van der Waals surface area contributed by atoms with Crippen molar-refractivity contribution in [3.8, 4) is 0 Å². The number of nitrogens with one attached hydrogen (secondary N) is 2. The lowest BCUT2D eigenvalue weighted by molar-refractivity contribution is -0.124. The SMILES string of the molecule is C/C(Br)=C(/CCNCc1ccc(/C=C/C(=O)NO)cc1)c1ccccc1C. The summed E-state index contributed by atoms with van der Waals surface area (Å²) >= 11 is 3.65. The minimum absolute atomic E-state index is 0.541. The molecule has 0 heterocycles. The van der Waals surface area contributed by atoms with Gasteiger partial charge >= 0.3 is 0 Å². The molecule has 0 saturated carbocycles. The first-order valence-electron chi connectivity index (χ1n) is 8.84. The second-order valence-corrected chi connectivity index (χ2v) is 7.49. The Morgan fingerprint density at radius 3 is 2.48 bits per heavy atom. The van der Waals surface area contributed by atoms with Crippen LogP contribution in [0.1, 0.15) is 35.6 Å². The summed E-state index contributed by atoms with van der Waals surface area (Å²) in [6.07, 6.45) is 3.88. The molecule has 142 valence electrons. The molecule has 4 nitrogen and oxygen atoms in total. The molecule has 5 heteroatoms. The minimum atomic E-state index is -0.541. The van der Waals surface area contributed by atoms with Gasteiger partial charge in [-0.1, -0.05) is 64.5 Å². The Morgan fingerprint density at radius 1 is 1.15 bits per heavy atom. The molecule has 0 atom stereocenters. The van der Waals surface area contributed by atoms with Gasteiger partial charge in [0.05, 0.1) is 0 Å². The van der Waals surface area contributed by atoms with E-state index in [0.717, 1.165) is 25.1 Å². The Kier molecular flexibility index (Phi) is 8.45. The molecule has 1 amide bonds. The van der Waals surface area contributed by atoms with Crippen LogP contribution in [0, 0.1) is 6.92 Å². The number of hydrogen-bond donors (Lipinski definition) is 3. The van der Waals surface area contributed by atoms with Crippen molar-refractivity contribution in [2.24, 2.45) is 0 Å². The summed E-state index contributed by atoms with van der Waals surface area (Å²) in [5.74, 6) is -0.541. The first-order chi connectivity index (χ1) is 13.0. The van der Waals surface area contributed by atoms with E-state index in [-0.39, 0.29) is 0 Å². The van der Waals surface area contributed by atoms with Crippen LogP contribution in [0.2, 0.25) is 0 Å². The first-order valence-corrected chi connectivity index (χ1v) is 9.63. The molecule has 2 aromatic rings. The van der Waals surface area contributed by atoms with Crippen LogP contribution >= 0.6 is 15.9 Å². The van der Waals surface area contributed by atoms with Crippen molar-refractivity contribution in [1.29, 1.82) is 0 Å². The molecule has 0 unspecified atom stereocenters. The van der Waals surface area contributed by atoms with Gasteiger partial charge in [0.1, 0.15) is 0 Å². The van der Waals surface area contributed by atoms with Gasteiger partial charge in [-0.15, -0.1) is 0 Å². The third-order valence-electron chi connectivity index (χ3n) is 4.28. The molecular weight excluding hydrogens is 404 g/mol. The van der Waals surface area contributed by atoms with Gasteiger partial charge in [0.25, 0.3) is 5.91 Å². The molecule has 0 radical (unpaired) electrons. The molecule has 0 saturated heterocycles. The van der Waals surface area contributed by atoms with E-state index in [0.29, 0.717) is 0 Å². The molecule has 0 spiro atoms. The van der Waals surface area contributed by atoms with Gasteiger partial charge in [0.2, 0.25) is 0 Å². The van der Waals surface area contributed by atoms with E-state index in [1.807, 2.05) is 24.3 Å². The van der Waals surface area contributed by atoms with E-state index in [2.05, 4.69) is 59.4 Å². The van der Waals surface area contributed by atoms with Crippen LogP contribution < -0.4 is 10.8 Å². The Balaban J connectivity index is 1.87. The van der Waals surface area contributed by atoms with Gasteiger partial charge in [-0.05, 0) is 65.2 Å². The van der Waals surface area contributed by atoms with Crippen molar-refractivity contribution in [2.45, 2.75) is 26.8 Å². The zero-order valence-electron chi connectivity index (χ0n) is 15.6. The smallest absolute Gasteiger partial charge is 0.267 e. The van der Waals surface area contributed by atoms with Crippen LogP contribution in [0.3, 0.4) is 0 Å². The summed E-state index contributed by atoms with van der Waals surface area (Å²) in [6, 6.07) is 16.4. The second kappa shape index (κ2) is 10.8. The molecule has 27 heavy (non-hydrogen) atoms. The Hall–Kier alpha value is -2.21. The quantitative estimate of drug-likeness (QED) is 0.244. The van der Waals surface area contributed by atoms with Crippen molar-refractivity contribution in [3.63, 3.8) is 0 Å². The van der Waals surface area contributed by atoms with Crippen LogP contribution in [-0.2, 0) is 11.3 Å². The van der Waals surface area contributed by atoms with E-state index in [9.17, 15) is 4.79 Å². The maximum Gasteiger partial charge on any atom is 0.267 e. The van der Waals surface area contributed by atoms with Crippen LogP contribution in [0.15, 0.2) is 59.1 Å². The van der Waals surface area contributed by atoms with Crippen molar-refractivity contribution < 1.29 is 10.0 Å². The Labute approximate surface area is 169 Å². The van der Waals surface area contributed by atoms with Crippen LogP contribution in [0.5, 0.6) is 0 Å². The molecular formula is C22H25BrN2O2. The Morgan fingerprint density at radius 2 is 1.85 bits per heavy atom. The Bertz CT molecular complexity index is 822. The lowest BCUT2D eigenvalue weighted by atomic mass is 9.98. The lowest BCUT2D eigenvalue weighted by Crippen LogP contribution is -2.15. The average Bonchev–Trinajstić information content (AvgIpc) is 2.67. The van der Waals surface area contributed by atoms with E-state index in [4.69, 9.17) is 5.21 Å². The fourth-order valence-electron chi connectivity index (χ4n) is 2.81. The van der Waals surface area contributed by atoms with Gasteiger partial charge in [-0.3, -0.25) is 10.0 Å². The molecule has 0 aliphatic rings. The highest BCUT2D eigenvalue weighted by molar-refractivity contribution is 9.11.